The van der Waals surface area contributed by atoms with Gasteiger partial charge in [-0.05, 0) is 60.9 Å². The van der Waals surface area contributed by atoms with Gasteiger partial charge in [-0.15, -0.1) is 0 Å². The molecule has 4 rings (SSSR count). The molecule has 34 heavy (non-hydrogen) atoms. The Morgan fingerprint density at radius 1 is 1.09 bits per heavy atom. The third-order valence-corrected chi connectivity index (χ3v) is 5.32. The fourth-order valence-electron chi connectivity index (χ4n) is 3.62. The van der Waals surface area contributed by atoms with Crippen LogP contribution in [-0.4, -0.2) is 37.6 Å². The van der Waals surface area contributed by atoms with E-state index in [0.29, 0.717) is 30.2 Å². The molecule has 2 aromatic carbocycles. The normalized spacial score (nSPS) is 10.6. The largest absolute Gasteiger partial charge is 0.507 e. The number of aryl methyl sites for hydroxylation is 2. The average molecular weight is 454 g/mol. The molecular weight excluding hydrogens is 432 g/mol. The second kappa shape index (κ2) is 9.46. The van der Waals surface area contributed by atoms with E-state index < -0.39 is 5.97 Å². The van der Waals surface area contributed by atoms with Gasteiger partial charge in [-0.2, -0.15) is 10.4 Å². The van der Waals surface area contributed by atoms with Crippen LogP contribution in [0.5, 0.6) is 11.6 Å². The first kappa shape index (κ1) is 22.6. The molecule has 2 N–H and O–H groups in total. The number of hydrogen-bond acceptors (Lipinski definition) is 6. The lowest BCUT2D eigenvalue weighted by Gasteiger charge is -2.08. The average Bonchev–Trinajstić information content (AvgIpc) is 3.19. The number of ether oxygens (including phenoxy) is 1. The van der Waals surface area contributed by atoms with Crippen molar-refractivity contribution in [1.29, 1.82) is 5.26 Å². The van der Waals surface area contributed by atoms with Crippen molar-refractivity contribution in [2.45, 2.75) is 20.4 Å². The molecule has 8 heteroatoms. The first-order chi connectivity index (χ1) is 16.4. The van der Waals surface area contributed by atoms with Crippen molar-refractivity contribution in [3.05, 3.63) is 83.2 Å². The molecule has 0 fully saturated rings. The van der Waals surface area contributed by atoms with Gasteiger partial charge < -0.3 is 14.9 Å². The lowest BCUT2D eigenvalue weighted by Crippen LogP contribution is -2.10. The minimum Gasteiger partial charge on any atom is -0.507 e. The minimum atomic E-state index is -1.18. The van der Waals surface area contributed by atoms with E-state index >= 15 is 0 Å². The number of phenols is 1. The predicted octanol–water partition coefficient (Wildman–Crippen LogP) is 4.58. The summed E-state index contributed by atoms with van der Waals surface area (Å²) in [5.41, 5.74) is 5.24. The highest BCUT2D eigenvalue weighted by atomic mass is 16.5. The Hall–Kier alpha value is -4.64. The van der Waals surface area contributed by atoms with Crippen LogP contribution in [0.4, 0.5) is 0 Å². The van der Waals surface area contributed by atoms with Crippen LogP contribution in [0, 0.1) is 25.2 Å². The summed E-state index contributed by atoms with van der Waals surface area (Å²) in [4.78, 5) is 15.4. The molecule has 0 aliphatic carbocycles. The van der Waals surface area contributed by atoms with Crippen LogP contribution >= 0.6 is 0 Å². The van der Waals surface area contributed by atoms with Crippen molar-refractivity contribution in [3.63, 3.8) is 0 Å². The van der Waals surface area contributed by atoms with E-state index in [9.17, 15) is 15.2 Å². The van der Waals surface area contributed by atoms with Crippen molar-refractivity contribution in [1.82, 2.24) is 14.8 Å². The SMILES string of the molecule is Cc1ccc(C#N)c(OCCn2cc(C)c(-c3cccc(-c4ccc(C(=O)O)c(O)c4)c3)n2)n1. The van der Waals surface area contributed by atoms with Crippen molar-refractivity contribution in [2.75, 3.05) is 6.61 Å². The van der Waals surface area contributed by atoms with E-state index in [-0.39, 0.29) is 11.3 Å². The monoisotopic (exact) mass is 454 g/mol. The number of aromatic nitrogens is 3. The van der Waals surface area contributed by atoms with Gasteiger partial charge in [-0.3, -0.25) is 4.68 Å². The first-order valence-corrected chi connectivity index (χ1v) is 10.6. The number of rotatable bonds is 7. The summed E-state index contributed by atoms with van der Waals surface area (Å²) in [6, 6.07) is 17.7. The summed E-state index contributed by atoms with van der Waals surface area (Å²) in [6.07, 6.45) is 1.92. The quantitative estimate of drug-likeness (QED) is 0.419. The van der Waals surface area contributed by atoms with Gasteiger partial charge in [0.05, 0.1) is 12.2 Å². The van der Waals surface area contributed by atoms with Crippen LogP contribution in [0.25, 0.3) is 22.4 Å². The lowest BCUT2D eigenvalue weighted by atomic mass is 9.99. The van der Waals surface area contributed by atoms with Crippen LogP contribution in [0.15, 0.2) is 60.8 Å². The van der Waals surface area contributed by atoms with E-state index in [4.69, 9.17) is 9.84 Å². The van der Waals surface area contributed by atoms with Crippen LogP contribution < -0.4 is 4.74 Å². The fourth-order valence-corrected chi connectivity index (χ4v) is 3.62. The smallest absolute Gasteiger partial charge is 0.339 e. The molecule has 0 atom stereocenters. The van der Waals surface area contributed by atoms with Gasteiger partial charge in [0.2, 0.25) is 5.88 Å². The van der Waals surface area contributed by atoms with Gasteiger partial charge in [-0.1, -0.05) is 24.3 Å². The van der Waals surface area contributed by atoms with Gasteiger partial charge in [-0.25, -0.2) is 9.78 Å². The molecule has 170 valence electrons. The number of carbonyl (C=O) groups is 1. The Bertz CT molecular complexity index is 1420. The van der Waals surface area contributed by atoms with Crippen molar-refractivity contribution >= 4 is 5.97 Å². The molecule has 2 heterocycles. The minimum absolute atomic E-state index is 0.139. The van der Waals surface area contributed by atoms with Crippen molar-refractivity contribution in [3.8, 4) is 40.1 Å². The van der Waals surface area contributed by atoms with Crippen LogP contribution in [0.3, 0.4) is 0 Å². The number of hydrogen-bond donors (Lipinski definition) is 2. The topological polar surface area (TPSA) is 121 Å². The molecule has 0 amide bonds. The van der Waals surface area contributed by atoms with Gasteiger partial charge in [0.15, 0.2) is 0 Å². The first-order valence-electron chi connectivity index (χ1n) is 10.6. The molecule has 4 aromatic rings. The molecular formula is C26H22N4O4. The van der Waals surface area contributed by atoms with Gasteiger partial charge >= 0.3 is 5.97 Å². The molecule has 0 bridgehead atoms. The fraction of sp³-hybridized carbons (Fsp3) is 0.154. The van der Waals surface area contributed by atoms with Crippen LogP contribution in [0.1, 0.15) is 27.2 Å². The maximum Gasteiger partial charge on any atom is 0.339 e. The molecule has 0 radical (unpaired) electrons. The molecule has 0 saturated heterocycles. The van der Waals surface area contributed by atoms with Crippen LogP contribution in [-0.2, 0) is 6.54 Å². The third kappa shape index (κ3) is 4.74. The predicted molar refractivity (Wildman–Crippen MR) is 126 cm³/mol. The van der Waals surface area contributed by atoms with Gasteiger partial charge in [0.1, 0.15) is 29.6 Å². The zero-order valence-electron chi connectivity index (χ0n) is 18.7. The zero-order valence-corrected chi connectivity index (χ0v) is 18.7. The second-order valence-electron chi connectivity index (χ2n) is 7.81. The van der Waals surface area contributed by atoms with Crippen molar-refractivity contribution in [2.24, 2.45) is 0 Å². The Labute approximate surface area is 196 Å². The summed E-state index contributed by atoms with van der Waals surface area (Å²) in [5, 5.41) is 33.1. The summed E-state index contributed by atoms with van der Waals surface area (Å²) in [7, 11) is 0. The second-order valence-corrected chi connectivity index (χ2v) is 7.81. The Morgan fingerprint density at radius 3 is 2.59 bits per heavy atom. The number of carboxylic acids is 1. The highest BCUT2D eigenvalue weighted by Gasteiger charge is 2.13. The van der Waals surface area contributed by atoms with Crippen molar-refractivity contribution < 1.29 is 19.7 Å². The maximum absolute atomic E-state index is 11.2. The number of aromatic hydroxyl groups is 1. The van der Waals surface area contributed by atoms with E-state index in [1.165, 1.54) is 12.1 Å². The Kier molecular flexibility index (Phi) is 6.28. The molecule has 0 aliphatic rings. The highest BCUT2D eigenvalue weighted by Crippen LogP contribution is 2.30. The summed E-state index contributed by atoms with van der Waals surface area (Å²) in [5.74, 6) is -1.14. The van der Waals surface area contributed by atoms with E-state index in [2.05, 4.69) is 16.2 Å². The molecule has 0 spiro atoms. The van der Waals surface area contributed by atoms with Crippen LogP contribution in [0.2, 0.25) is 0 Å². The van der Waals surface area contributed by atoms with Gasteiger partial charge in [0, 0.05) is 17.5 Å². The number of nitrogens with zero attached hydrogens (tertiary/aromatic N) is 4. The molecule has 8 nitrogen and oxygen atoms in total. The zero-order chi connectivity index (χ0) is 24.2. The molecule has 2 aromatic heterocycles. The number of benzene rings is 2. The molecule has 0 saturated carbocycles. The van der Waals surface area contributed by atoms with Gasteiger partial charge in [0.25, 0.3) is 0 Å². The number of aromatic carboxylic acids is 1. The Morgan fingerprint density at radius 2 is 1.85 bits per heavy atom. The Balaban J connectivity index is 1.52. The molecule has 0 aliphatic heterocycles. The molecule has 0 unspecified atom stereocenters. The third-order valence-electron chi connectivity index (χ3n) is 5.32. The van der Waals surface area contributed by atoms with E-state index in [0.717, 1.165) is 28.1 Å². The summed E-state index contributed by atoms with van der Waals surface area (Å²) in [6.45, 7) is 4.59. The lowest BCUT2D eigenvalue weighted by molar-refractivity contribution is 0.0693. The summed E-state index contributed by atoms with van der Waals surface area (Å²) >= 11 is 0. The highest BCUT2D eigenvalue weighted by molar-refractivity contribution is 5.91. The van der Waals surface area contributed by atoms with E-state index in [1.54, 1.807) is 22.9 Å². The van der Waals surface area contributed by atoms with E-state index in [1.807, 2.05) is 44.3 Å². The number of nitriles is 1. The number of pyridine rings is 1. The standard InChI is InChI=1S/C26H22N4O4/c1-16-15-30(10-11-34-25-21(14-27)7-6-17(2)28-25)29-24(16)20-5-3-4-18(12-20)19-8-9-22(26(32)33)23(31)13-19/h3-9,12-13,15,31H,10-11H2,1-2H3,(H,32,33). The number of carboxylic acid groups (broad SMARTS) is 1. The summed E-state index contributed by atoms with van der Waals surface area (Å²) < 4.78 is 7.51. The maximum atomic E-state index is 11.2.